The molecule has 1 rings (SSSR count). The number of ether oxygens (including phenoxy) is 1. The summed E-state index contributed by atoms with van der Waals surface area (Å²) in [5.41, 5.74) is 0. The fourth-order valence-electron chi connectivity index (χ4n) is 0.825. The predicted octanol–water partition coefficient (Wildman–Crippen LogP) is 2.58. The maximum atomic E-state index is 12.4. The molecular weight excluding hydrogens is 210 g/mol. The zero-order chi connectivity index (χ0) is 10.6. The van der Waals surface area contributed by atoms with Crippen molar-refractivity contribution in [2.24, 2.45) is 0 Å². The number of thioether (sulfide) groups is 1. The molecule has 1 aromatic carbocycles. The van der Waals surface area contributed by atoms with E-state index in [0.717, 1.165) is 4.90 Å². The average Bonchev–Trinajstić information content (AvgIpc) is 2.19. The average molecular weight is 218 g/mol. The van der Waals surface area contributed by atoms with Crippen LogP contribution in [0.25, 0.3) is 0 Å². The zero-order valence-electron chi connectivity index (χ0n) is 7.37. The van der Waals surface area contributed by atoms with Gasteiger partial charge in [-0.05, 0) is 30.5 Å². The maximum Gasteiger partial charge on any atom is 0.457 e. The van der Waals surface area contributed by atoms with Crippen molar-refractivity contribution >= 4 is 18.0 Å². The molecule has 0 aliphatic carbocycles. The number of alkyl halides is 2. The van der Waals surface area contributed by atoms with E-state index in [-0.39, 0.29) is 5.75 Å². The van der Waals surface area contributed by atoms with E-state index in [2.05, 4.69) is 4.74 Å². The molecule has 0 N–H and O–H groups in total. The molecule has 0 fully saturated rings. The molecule has 0 atom stereocenters. The topological polar surface area (TPSA) is 26.3 Å². The Hall–Kier alpha value is -1.10. The molecular formula is C9H8F2O2S. The Labute approximate surface area is 84.3 Å². The summed E-state index contributed by atoms with van der Waals surface area (Å²) in [6, 6.07) is 6.06. The van der Waals surface area contributed by atoms with Crippen LogP contribution in [0.4, 0.5) is 8.78 Å². The van der Waals surface area contributed by atoms with Crippen LogP contribution in [0.3, 0.4) is 0 Å². The van der Waals surface area contributed by atoms with Crippen molar-refractivity contribution in [2.45, 2.75) is 11.0 Å². The molecule has 0 bridgehead atoms. The number of hydrogen-bond donors (Lipinski definition) is 0. The van der Waals surface area contributed by atoms with Crippen LogP contribution in [-0.2, 0) is 4.79 Å². The second-order valence-electron chi connectivity index (χ2n) is 2.46. The van der Waals surface area contributed by atoms with Crippen molar-refractivity contribution in [1.82, 2.24) is 0 Å². The second-order valence-corrected chi connectivity index (χ2v) is 3.34. The van der Waals surface area contributed by atoms with Crippen molar-refractivity contribution in [3.63, 3.8) is 0 Å². The lowest BCUT2D eigenvalue weighted by Crippen LogP contribution is -2.26. The third-order valence-corrected chi connectivity index (χ3v) is 2.19. The summed E-state index contributed by atoms with van der Waals surface area (Å²) >= 11 is 1.49. The first-order chi connectivity index (χ1) is 6.57. The van der Waals surface area contributed by atoms with Crippen LogP contribution >= 0.6 is 11.8 Å². The van der Waals surface area contributed by atoms with Gasteiger partial charge in [0.2, 0.25) is 6.29 Å². The number of hydrogen-bond acceptors (Lipinski definition) is 3. The molecule has 0 aliphatic heterocycles. The van der Waals surface area contributed by atoms with E-state index in [9.17, 15) is 13.6 Å². The first-order valence-corrected chi connectivity index (χ1v) is 4.97. The Bertz CT molecular complexity index is 311. The normalized spacial score (nSPS) is 11.1. The van der Waals surface area contributed by atoms with Crippen LogP contribution in [-0.4, -0.2) is 18.7 Å². The molecule has 0 spiro atoms. The van der Waals surface area contributed by atoms with Gasteiger partial charge in [0.05, 0.1) is 0 Å². The van der Waals surface area contributed by atoms with Gasteiger partial charge in [-0.2, -0.15) is 8.78 Å². The highest BCUT2D eigenvalue weighted by molar-refractivity contribution is 7.98. The predicted molar refractivity (Wildman–Crippen MR) is 49.9 cm³/mol. The number of benzene rings is 1. The smallest absolute Gasteiger partial charge is 0.427 e. The third kappa shape index (κ3) is 2.99. The van der Waals surface area contributed by atoms with Crippen LogP contribution < -0.4 is 4.74 Å². The largest absolute Gasteiger partial charge is 0.457 e. The number of halogens is 2. The van der Waals surface area contributed by atoms with Crippen molar-refractivity contribution in [2.75, 3.05) is 6.26 Å². The molecule has 0 radical (unpaired) electrons. The first-order valence-electron chi connectivity index (χ1n) is 3.74. The van der Waals surface area contributed by atoms with Crippen molar-refractivity contribution in [3.05, 3.63) is 24.3 Å². The van der Waals surface area contributed by atoms with E-state index in [1.165, 1.54) is 23.9 Å². The fraction of sp³-hybridized carbons (Fsp3) is 0.222. The van der Waals surface area contributed by atoms with Gasteiger partial charge in [-0.1, -0.05) is 0 Å². The van der Waals surface area contributed by atoms with Crippen molar-refractivity contribution in [3.8, 4) is 5.75 Å². The number of carbonyl (C=O) groups is 1. The molecule has 0 unspecified atom stereocenters. The number of aldehydes is 1. The minimum atomic E-state index is -3.75. The van der Waals surface area contributed by atoms with Crippen LogP contribution in [0, 0.1) is 0 Å². The van der Waals surface area contributed by atoms with Gasteiger partial charge in [0.25, 0.3) is 0 Å². The van der Waals surface area contributed by atoms with Gasteiger partial charge in [-0.15, -0.1) is 11.8 Å². The highest BCUT2D eigenvalue weighted by atomic mass is 32.2. The van der Waals surface area contributed by atoms with Gasteiger partial charge in [0, 0.05) is 4.90 Å². The van der Waals surface area contributed by atoms with Crippen molar-refractivity contribution in [1.29, 1.82) is 0 Å². The van der Waals surface area contributed by atoms with Gasteiger partial charge in [-0.25, -0.2) is 0 Å². The Morgan fingerprint density at radius 3 is 2.36 bits per heavy atom. The van der Waals surface area contributed by atoms with Gasteiger partial charge in [0.1, 0.15) is 5.75 Å². The summed E-state index contributed by atoms with van der Waals surface area (Å²) in [7, 11) is 0. The summed E-state index contributed by atoms with van der Waals surface area (Å²) in [6.45, 7) is 0. The van der Waals surface area contributed by atoms with E-state index in [1.807, 2.05) is 6.26 Å². The number of rotatable bonds is 4. The minimum Gasteiger partial charge on any atom is -0.427 e. The highest BCUT2D eigenvalue weighted by Crippen LogP contribution is 2.23. The van der Waals surface area contributed by atoms with Crippen molar-refractivity contribution < 1.29 is 18.3 Å². The zero-order valence-corrected chi connectivity index (χ0v) is 8.18. The van der Waals surface area contributed by atoms with Crippen LogP contribution in [0.15, 0.2) is 29.2 Å². The molecule has 0 aromatic heterocycles. The summed E-state index contributed by atoms with van der Waals surface area (Å²) in [5, 5.41) is 0. The standard InChI is InChI=1S/C9H8F2O2S/c1-14-8-4-2-7(3-5-8)13-9(10,11)6-12/h2-6H,1H3. The van der Waals surface area contributed by atoms with Crippen LogP contribution in [0.2, 0.25) is 0 Å². The molecule has 14 heavy (non-hydrogen) atoms. The second kappa shape index (κ2) is 4.41. The Kier molecular flexibility index (Phi) is 3.46. The van der Waals surface area contributed by atoms with E-state index in [4.69, 9.17) is 0 Å². The lowest BCUT2D eigenvalue weighted by molar-refractivity contribution is -0.176. The Morgan fingerprint density at radius 2 is 1.93 bits per heavy atom. The lowest BCUT2D eigenvalue weighted by atomic mass is 10.3. The number of carbonyl (C=O) groups excluding carboxylic acids is 1. The quantitative estimate of drug-likeness (QED) is 0.574. The first kappa shape index (κ1) is 11.0. The monoisotopic (exact) mass is 218 g/mol. The molecule has 0 saturated carbocycles. The molecule has 5 heteroatoms. The van der Waals surface area contributed by atoms with E-state index in [1.54, 1.807) is 12.1 Å². The minimum absolute atomic E-state index is 0.0279. The Balaban J connectivity index is 2.73. The van der Waals surface area contributed by atoms with Gasteiger partial charge < -0.3 is 4.74 Å². The fourth-order valence-corrected chi connectivity index (χ4v) is 1.23. The van der Waals surface area contributed by atoms with E-state index < -0.39 is 12.4 Å². The Morgan fingerprint density at radius 1 is 1.36 bits per heavy atom. The van der Waals surface area contributed by atoms with E-state index >= 15 is 0 Å². The molecule has 76 valence electrons. The van der Waals surface area contributed by atoms with Gasteiger partial charge in [0.15, 0.2) is 0 Å². The summed E-state index contributed by atoms with van der Waals surface area (Å²) in [6.07, 6.45) is -2.41. The SMILES string of the molecule is CSc1ccc(OC(F)(F)C=O)cc1. The highest BCUT2D eigenvalue weighted by Gasteiger charge is 2.30. The van der Waals surface area contributed by atoms with E-state index in [0.29, 0.717) is 0 Å². The summed E-state index contributed by atoms with van der Waals surface area (Å²) in [4.78, 5) is 10.8. The molecule has 1 aromatic rings. The third-order valence-electron chi connectivity index (χ3n) is 1.45. The summed E-state index contributed by atoms with van der Waals surface area (Å²) < 4.78 is 29.0. The van der Waals surface area contributed by atoms with Crippen LogP contribution in [0.5, 0.6) is 5.75 Å². The molecule has 2 nitrogen and oxygen atoms in total. The van der Waals surface area contributed by atoms with Gasteiger partial charge in [-0.3, -0.25) is 4.79 Å². The van der Waals surface area contributed by atoms with Gasteiger partial charge >= 0.3 is 6.11 Å². The molecule has 0 amide bonds. The molecule has 0 heterocycles. The molecule has 0 aliphatic rings. The van der Waals surface area contributed by atoms with Crippen LogP contribution in [0.1, 0.15) is 0 Å². The molecule has 0 saturated heterocycles. The summed E-state index contributed by atoms with van der Waals surface area (Å²) in [5.74, 6) is -0.0279. The maximum absolute atomic E-state index is 12.4. The lowest BCUT2D eigenvalue weighted by Gasteiger charge is -2.11.